The minimum Gasteiger partial charge on any atom is -0.495 e. The molecule has 1 N–H and O–H groups in total. The number of carbonyl (C=O) groups excluding carboxylic acids is 1. The molecule has 152 valence electrons. The summed E-state index contributed by atoms with van der Waals surface area (Å²) in [6.45, 7) is 2.63. The van der Waals surface area contributed by atoms with E-state index in [-0.39, 0.29) is 23.8 Å². The summed E-state index contributed by atoms with van der Waals surface area (Å²) in [5.41, 5.74) is 3.41. The van der Waals surface area contributed by atoms with E-state index in [4.69, 9.17) is 10.00 Å². The number of anilines is 1. The van der Waals surface area contributed by atoms with Crippen molar-refractivity contribution < 1.29 is 17.9 Å². The third kappa shape index (κ3) is 4.26. The molecule has 0 aliphatic carbocycles. The van der Waals surface area contributed by atoms with Crippen molar-refractivity contribution in [2.45, 2.75) is 31.1 Å². The summed E-state index contributed by atoms with van der Waals surface area (Å²) in [5, 5.41) is 8.54. The number of methoxy groups -OCH3 is 1. The quantitative estimate of drug-likeness (QED) is 0.734. The minimum atomic E-state index is -3.71. The van der Waals surface area contributed by atoms with Gasteiger partial charge in [0.15, 0.2) is 0 Å². The minimum absolute atomic E-state index is 0.0449. The molecule has 8 heteroatoms. The lowest BCUT2D eigenvalue weighted by Gasteiger charge is -2.32. The second-order valence-corrected chi connectivity index (χ2v) is 8.57. The lowest BCUT2D eigenvalue weighted by atomic mass is 9.95. The Bertz CT molecular complexity index is 1060. The zero-order chi connectivity index (χ0) is 21.0. The van der Waals surface area contributed by atoms with Crippen molar-refractivity contribution in [2.75, 3.05) is 25.1 Å². The third-order valence-corrected chi connectivity index (χ3v) is 6.44. The van der Waals surface area contributed by atoms with Gasteiger partial charge in [-0.15, -0.1) is 0 Å². The Hall–Kier alpha value is -2.89. The Labute approximate surface area is 171 Å². The van der Waals surface area contributed by atoms with Crippen LogP contribution in [0.5, 0.6) is 5.75 Å². The number of hydrogen-bond acceptors (Lipinski definition) is 5. The van der Waals surface area contributed by atoms with Crippen LogP contribution in [-0.4, -0.2) is 34.5 Å². The summed E-state index contributed by atoms with van der Waals surface area (Å²) in [7, 11) is -2.13. The van der Waals surface area contributed by atoms with E-state index in [0.717, 1.165) is 29.7 Å². The van der Waals surface area contributed by atoms with Gasteiger partial charge in [0.05, 0.1) is 23.8 Å². The average Bonchev–Trinajstić information content (AvgIpc) is 2.73. The molecule has 2 aromatic rings. The van der Waals surface area contributed by atoms with Crippen LogP contribution in [0, 0.1) is 18.3 Å². The van der Waals surface area contributed by atoms with Crippen LogP contribution in [0.2, 0.25) is 0 Å². The highest BCUT2D eigenvalue weighted by atomic mass is 32.2. The summed E-state index contributed by atoms with van der Waals surface area (Å²) < 4.78 is 32.3. The van der Waals surface area contributed by atoms with Gasteiger partial charge in [-0.1, -0.05) is 6.07 Å². The van der Waals surface area contributed by atoms with Crippen LogP contribution in [0.3, 0.4) is 0 Å². The Morgan fingerprint density at radius 1 is 1.24 bits per heavy atom. The molecule has 0 saturated carbocycles. The molecular formula is C21H23N3O4S. The van der Waals surface area contributed by atoms with Gasteiger partial charge >= 0.3 is 0 Å². The number of ether oxygens (including phenoxy) is 1. The fourth-order valence-electron chi connectivity index (χ4n) is 3.48. The van der Waals surface area contributed by atoms with Crippen LogP contribution in [0.25, 0.3) is 0 Å². The highest BCUT2D eigenvalue weighted by molar-refractivity contribution is 7.89. The second kappa shape index (κ2) is 8.64. The largest absolute Gasteiger partial charge is 0.495 e. The SMILES string of the molecule is COc1ccc(C)c2c1N(C(=O)c1ccc(S(=O)(=O)NCCC#N)cc1)CCC2. The molecular weight excluding hydrogens is 390 g/mol. The van der Waals surface area contributed by atoms with Crippen molar-refractivity contribution in [1.29, 1.82) is 5.26 Å². The van der Waals surface area contributed by atoms with Crippen LogP contribution < -0.4 is 14.4 Å². The number of hydrogen-bond donors (Lipinski definition) is 1. The number of amides is 1. The van der Waals surface area contributed by atoms with Crippen molar-refractivity contribution in [2.24, 2.45) is 0 Å². The van der Waals surface area contributed by atoms with Gasteiger partial charge in [0.1, 0.15) is 5.75 Å². The van der Waals surface area contributed by atoms with Gasteiger partial charge in [0.25, 0.3) is 5.91 Å². The van der Waals surface area contributed by atoms with Gasteiger partial charge < -0.3 is 9.64 Å². The number of benzene rings is 2. The Morgan fingerprint density at radius 3 is 2.62 bits per heavy atom. The molecule has 0 radical (unpaired) electrons. The number of nitrogens with zero attached hydrogens (tertiary/aromatic N) is 2. The third-order valence-electron chi connectivity index (χ3n) is 4.96. The van der Waals surface area contributed by atoms with Crippen molar-refractivity contribution in [3.05, 3.63) is 53.1 Å². The topological polar surface area (TPSA) is 99.5 Å². The molecule has 0 bridgehead atoms. The Morgan fingerprint density at radius 2 is 1.97 bits per heavy atom. The van der Waals surface area contributed by atoms with Crippen LogP contribution >= 0.6 is 0 Å². The van der Waals surface area contributed by atoms with E-state index in [1.54, 1.807) is 12.0 Å². The summed E-state index contributed by atoms with van der Waals surface area (Å²) >= 11 is 0. The number of nitrogens with one attached hydrogen (secondary N) is 1. The molecule has 3 rings (SSSR count). The fraction of sp³-hybridized carbons (Fsp3) is 0.333. The lowest BCUT2D eigenvalue weighted by molar-refractivity contribution is 0.0984. The van der Waals surface area contributed by atoms with Gasteiger partial charge in [0, 0.05) is 25.1 Å². The second-order valence-electron chi connectivity index (χ2n) is 6.80. The molecule has 0 atom stereocenters. The summed E-state index contributed by atoms with van der Waals surface area (Å²) in [5.74, 6) is 0.454. The molecule has 7 nitrogen and oxygen atoms in total. The number of fused-ring (bicyclic) bond motifs is 1. The van der Waals surface area contributed by atoms with E-state index >= 15 is 0 Å². The molecule has 1 heterocycles. The van der Waals surface area contributed by atoms with E-state index in [9.17, 15) is 13.2 Å². The maximum absolute atomic E-state index is 13.2. The molecule has 0 aromatic heterocycles. The van der Waals surface area contributed by atoms with Gasteiger partial charge in [0.2, 0.25) is 10.0 Å². The zero-order valence-electron chi connectivity index (χ0n) is 16.4. The molecule has 1 aliphatic rings. The highest BCUT2D eigenvalue weighted by Gasteiger charge is 2.28. The van der Waals surface area contributed by atoms with Gasteiger partial charge in [-0.2, -0.15) is 5.26 Å². The first-order chi connectivity index (χ1) is 13.9. The maximum atomic E-state index is 13.2. The van der Waals surface area contributed by atoms with E-state index in [1.165, 1.54) is 24.3 Å². The number of carbonyl (C=O) groups is 1. The first-order valence-electron chi connectivity index (χ1n) is 9.34. The van der Waals surface area contributed by atoms with E-state index in [0.29, 0.717) is 17.9 Å². The Balaban J connectivity index is 1.88. The first kappa shape index (κ1) is 20.8. The maximum Gasteiger partial charge on any atom is 0.258 e. The smallest absolute Gasteiger partial charge is 0.258 e. The predicted molar refractivity (Wildman–Crippen MR) is 110 cm³/mol. The molecule has 2 aromatic carbocycles. The van der Waals surface area contributed by atoms with Crippen molar-refractivity contribution in [3.8, 4) is 11.8 Å². The molecule has 0 spiro atoms. The average molecular weight is 413 g/mol. The first-order valence-corrected chi connectivity index (χ1v) is 10.8. The monoisotopic (exact) mass is 413 g/mol. The fourth-order valence-corrected chi connectivity index (χ4v) is 4.51. The van der Waals surface area contributed by atoms with E-state index in [2.05, 4.69) is 4.72 Å². The highest BCUT2D eigenvalue weighted by Crippen LogP contribution is 2.38. The van der Waals surface area contributed by atoms with Crippen molar-refractivity contribution in [3.63, 3.8) is 0 Å². The molecule has 1 aliphatic heterocycles. The van der Waals surface area contributed by atoms with Crippen LogP contribution in [0.4, 0.5) is 5.69 Å². The van der Waals surface area contributed by atoms with E-state index < -0.39 is 10.0 Å². The number of sulfonamides is 1. The van der Waals surface area contributed by atoms with Gasteiger partial charge in [-0.25, -0.2) is 13.1 Å². The molecule has 1 amide bonds. The van der Waals surface area contributed by atoms with Gasteiger partial charge in [-0.3, -0.25) is 4.79 Å². The van der Waals surface area contributed by atoms with Crippen LogP contribution in [-0.2, 0) is 16.4 Å². The number of nitriles is 1. The number of rotatable bonds is 6. The summed E-state index contributed by atoms with van der Waals surface area (Å²) in [6, 6.07) is 11.6. The molecule has 0 saturated heterocycles. The van der Waals surface area contributed by atoms with Gasteiger partial charge in [-0.05, 0) is 61.2 Å². The summed E-state index contributed by atoms with van der Waals surface area (Å²) in [4.78, 5) is 14.9. The molecule has 0 fully saturated rings. The lowest BCUT2D eigenvalue weighted by Crippen LogP contribution is -2.36. The van der Waals surface area contributed by atoms with Crippen LogP contribution in [0.1, 0.15) is 34.3 Å². The predicted octanol–water partition coefficient (Wildman–Crippen LogP) is 2.79. The summed E-state index contributed by atoms with van der Waals surface area (Å²) in [6.07, 6.45) is 1.82. The standard InChI is InChI=1S/C21H23N3O4S/c1-15-6-11-19(28-2)20-18(15)5-3-14-24(20)21(25)16-7-9-17(10-8-16)29(26,27)23-13-4-12-22/h6-11,23H,3-5,13-14H2,1-2H3. The number of aryl methyl sites for hydroxylation is 1. The molecule has 0 unspecified atom stereocenters. The molecule has 29 heavy (non-hydrogen) atoms. The van der Waals surface area contributed by atoms with E-state index in [1.807, 2.05) is 25.1 Å². The van der Waals surface area contributed by atoms with Crippen LogP contribution in [0.15, 0.2) is 41.3 Å². The van der Waals surface area contributed by atoms with Crippen molar-refractivity contribution in [1.82, 2.24) is 4.72 Å². The zero-order valence-corrected chi connectivity index (χ0v) is 17.3. The Kier molecular flexibility index (Phi) is 6.20. The van der Waals surface area contributed by atoms with Crippen molar-refractivity contribution >= 4 is 21.6 Å². The normalized spacial score (nSPS) is 13.5.